The van der Waals surface area contributed by atoms with Crippen LogP contribution in [0.1, 0.15) is 30.4 Å². The second-order valence-electron chi connectivity index (χ2n) is 3.82. The van der Waals surface area contributed by atoms with Gasteiger partial charge in [0.25, 0.3) is 0 Å². The van der Waals surface area contributed by atoms with Crippen molar-refractivity contribution >= 4 is 21.7 Å². The van der Waals surface area contributed by atoms with Gasteiger partial charge in [0.1, 0.15) is 5.78 Å². The first-order valence-electron chi connectivity index (χ1n) is 5.35. The van der Waals surface area contributed by atoms with Crippen LogP contribution in [0.25, 0.3) is 0 Å². The Hall–Kier alpha value is -0.630. The van der Waals surface area contributed by atoms with Crippen molar-refractivity contribution in [2.24, 2.45) is 0 Å². The zero-order valence-electron chi connectivity index (χ0n) is 9.13. The van der Waals surface area contributed by atoms with Crippen LogP contribution >= 0.6 is 15.9 Å². The van der Waals surface area contributed by atoms with Crippen molar-refractivity contribution < 1.29 is 4.79 Å². The van der Waals surface area contributed by atoms with Gasteiger partial charge in [-0.3, -0.25) is 4.79 Å². The quantitative estimate of drug-likeness (QED) is 0.720. The predicted octanol–water partition coefficient (Wildman–Crippen LogP) is 3.67. The number of hydrogen-bond donors (Lipinski definition) is 0. The van der Waals surface area contributed by atoms with E-state index in [9.17, 15) is 4.79 Å². The minimum absolute atomic E-state index is 0.371. The molecule has 1 rings (SSSR count). The molecule has 2 heteroatoms. The Balaban J connectivity index is 2.33. The lowest BCUT2D eigenvalue weighted by atomic mass is 10.0. The Morgan fingerprint density at radius 3 is 2.80 bits per heavy atom. The molecule has 0 aliphatic rings. The maximum atomic E-state index is 11.4. The molecule has 0 aliphatic carbocycles. The third kappa shape index (κ3) is 5.12. The van der Waals surface area contributed by atoms with Crippen molar-refractivity contribution in [3.8, 4) is 0 Å². The lowest BCUT2D eigenvalue weighted by Gasteiger charge is -2.02. The summed E-state index contributed by atoms with van der Waals surface area (Å²) in [4.78, 5) is 11.4. The normalized spacial score (nSPS) is 10.3. The van der Waals surface area contributed by atoms with E-state index < -0.39 is 0 Å². The third-order valence-corrected chi connectivity index (χ3v) is 2.92. The van der Waals surface area contributed by atoms with Gasteiger partial charge < -0.3 is 0 Å². The van der Waals surface area contributed by atoms with Crippen LogP contribution in [0.2, 0.25) is 0 Å². The molecule has 0 spiro atoms. The van der Waals surface area contributed by atoms with Gasteiger partial charge in [-0.15, -0.1) is 0 Å². The first kappa shape index (κ1) is 12.4. The second-order valence-corrected chi connectivity index (χ2v) is 4.61. The van der Waals surface area contributed by atoms with Crippen LogP contribution in [-0.4, -0.2) is 11.1 Å². The van der Waals surface area contributed by atoms with E-state index >= 15 is 0 Å². The number of carbonyl (C=O) groups excluding carboxylic acids is 1. The lowest BCUT2D eigenvalue weighted by molar-refractivity contribution is -0.119. The lowest BCUT2D eigenvalue weighted by Crippen LogP contribution is -2.00. The highest BCUT2D eigenvalue weighted by atomic mass is 79.9. The van der Waals surface area contributed by atoms with E-state index in [1.807, 2.05) is 6.07 Å². The van der Waals surface area contributed by atoms with E-state index in [-0.39, 0.29) is 0 Å². The summed E-state index contributed by atoms with van der Waals surface area (Å²) in [6.07, 6.45) is 3.21. The summed E-state index contributed by atoms with van der Waals surface area (Å²) in [5.41, 5.74) is 2.53. The number of carbonyl (C=O) groups is 1. The number of aryl methyl sites for hydroxylation is 2. The fourth-order valence-corrected chi connectivity index (χ4v) is 1.82. The van der Waals surface area contributed by atoms with Crippen LogP contribution in [0.5, 0.6) is 0 Å². The fourth-order valence-electron chi connectivity index (χ4n) is 1.54. The minimum Gasteiger partial charge on any atom is -0.300 e. The Labute approximate surface area is 100 Å². The van der Waals surface area contributed by atoms with Gasteiger partial charge in [-0.05, 0) is 25.3 Å². The Morgan fingerprint density at radius 1 is 1.33 bits per heavy atom. The second kappa shape index (κ2) is 6.78. The van der Waals surface area contributed by atoms with Gasteiger partial charge in [0, 0.05) is 18.2 Å². The maximum Gasteiger partial charge on any atom is 0.133 e. The predicted molar refractivity (Wildman–Crippen MR) is 67.5 cm³/mol. The minimum atomic E-state index is 0.371. The molecule has 0 saturated carbocycles. The first-order chi connectivity index (χ1) is 7.22. The summed E-state index contributed by atoms with van der Waals surface area (Å²) in [6.45, 7) is 2.08. The van der Waals surface area contributed by atoms with Crippen molar-refractivity contribution in [3.05, 3.63) is 35.4 Å². The van der Waals surface area contributed by atoms with E-state index in [4.69, 9.17) is 0 Å². The average molecular weight is 269 g/mol. The van der Waals surface area contributed by atoms with Crippen LogP contribution in [0.4, 0.5) is 0 Å². The molecule has 1 aromatic rings. The molecule has 0 unspecified atom stereocenters. The molecule has 0 heterocycles. The van der Waals surface area contributed by atoms with E-state index in [1.54, 1.807) is 0 Å². The van der Waals surface area contributed by atoms with E-state index in [0.29, 0.717) is 18.6 Å². The van der Waals surface area contributed by atoms with Crippen molar-refractivity contribution in [1.82, 2.24) is 0 Å². The maximum absolute atomic E-state index is 11.4. The van der Waals surface area contributed by atoms with Crippen molar-refractivity contribution in [2.75, 3.05) is 5.33 Å². The fraction of sp³-hybridized carbons (Fsp3) is 0.462. The van der Waals surface area contributed by atoms with Crippen LogP contribution in [0.3, 0.4) is 0 Å². The SMILES string of the molecule is Cc1cccc(CCC(=O)CCCBr)c1. The summed E-state index contributed by atoms with van der Waals surface area (Å²) < 4.78 is 0. The van der Waals surface area contributed by atoms with Gasteiger partial charge in [-0.2, -0.15) is 0 Å². The molecular weight excluding hydrogens is 252 g/mol. The summed E-state index contributed by atoms with van der Waals surface area (Å²) in [5.74, 6) is 0.371. The smallest absolute Gasteiger partial charge is 0.133 e. The van der Waals surface area contributed by atoms with Gasteiger partial charge >= 0.3 is 0 Å². The van der Waals surface area contributed by atoms with Crippen molar-refractivity contribution in [3.63, 3.8) is 0 Å². The molecule has 82 valence electrons. The van der Waals surface area contributed by atoms with Gasteiger partial charge in [-0.25, -0.2) is 0 Å². The molecular formula is C13H17BrO. The summed E-state index contributed by atoms with van der Waals surface area (Å²) in [7, 11) is 0. The first-order valence-corrected chi connectivity index (χ1v) is 6.47. The van der Waals surface area contributed by atoms with Gasteiger partial charge in [-0.1, -0.05) is 45.8 Å². The molecule has 0 bridgehead atoms. The number of benzene rings is 1. The Morgan fingerprint density at radius 2 is 2.13 bits per heavy atom. The molecule has 1 aromatic carbocycles. The van der Waals surface area contributed by atoms with Crippen molar-refractivity contribution in [2.45, 2.75) is 32.6 Å². The topological polar surface area (TPSA) is 17.1 Å². The van der Waals surface area contributed by atoms with Gasteiger partial charge in [0.15, 0.2) is 0 Å². The molecule has 0 N–H and O–H groups in total. The van der Waals surface area contributed by atoms with Crippen LogP contribution in [0.15, 0.2) is 24.3 Å². The van der Waals surface area contributed by atoms with Crippen LogP contribution in [0, 0.1) is 6.92 Å². The van der Waals surface area contributed by atoms with E-state index in [0.717, 1.165) is 18.2 Å². The number of halogens is 1. The van der Waals surface area contributed by atoms with Gasteiger partial charge in [0.2, 0.25) is 0 Å². The van der Waals surface area contributed by atoms with E-state index in [1.165, 1.54) is 11.1 Å². The molecule has 15 heavy (non-hydrogen) atoms. The highest BCUT2D eigenvalue weighted by Crippen LogP contribution is 2.08. The average Bonchev–Trinajstić information content (AvgIpc) is 2.23. The highest BCUT2D eigenvalue weighted by Gasteiger charge is 2.02. The monoisotopic (exact) mass is 268 g/mol. The molecule has 0 amide bonds. The van der Waals surface area contributed by atoms with E-state index in [2.05, 4.69) is 41.1 Å². The summed E-state index contributed by atoms with van der Waals surface area (Å²) >= 11 is 3.33. The number of ketones is 1. The number of rotatable bonds is 6. The number of alkyl halides is 1. The largest absolute Gasteiger partial charge is 0.300 e. The molecule has 0 radical (unpaired) electrons. The Bertz CT molecular complexity index is 320. The number of hydrogen-bond acceptors (Lipinski definition) is 1. The summed E-state index contributed by atoms with van der Waals surface area (Å²) in [5, 5.41) is 0.920. The zero-order valence-corrected chi connectivity index (χ0v) is 10.7. The molecule has 0 saturated heterocycles. The van der Waals surface area contributed by atoms with Crippen LogP contribution in [-0.2, 0) is 11.2 Å². The molecule has 0 atom stereocenters. The molecule has 0 fully saturated rings. The third-order valence-electron chi connectivity index (χ3n) is 2.36. The molecule has 0 aromatic heterocycles. The molecule has 0 aliphatic heterocycles. The molecule has 1 nitrogen and oxygen atoms in total. The number of Topliss-reactive ketones (excluding diaryl/α,β-unsaturated/α-hetero) is 1. The van der Waals surface area contributed by atoms with Crippen molar-refractivity contribution in [1.29, 1.82) is 0 Å². The zero-order chi connectivity index (χ0) is 11.1. The standard InChI is InChI=1S/C13H17BrO/c1-11-4-2-5-12(10-11)7-8-13(15)6-3-9-14/h2,4-5,10H,3,6-9H2,1H3. The van der Waals surface area contributed by atoms with Crippen LogP contribution < -0.4 is 0 Å². The highest BCUT2D eigenvalue weighted by molar-refractivity contribution is 9.09. The Kier molecular flexibility index (Phi) is 5.62. The van der Waals surface area contributed by atoms with Gasteiger partial charge in [0.05, 0.1) is 0 Å². The summed E-state index contributed by atoms with van der Waals surface area (Å²) in [6, 6.07) is 8.37.